The number of nitrogens with one attached hydrogen (secondary N) is 1. The van der Waals surface area contributed by atoms with E-state index in [1.807, 2.05) is 0 Å². The summed E-state index contributed by atoms with van der Waals surface area (Å²) in [5, 5.41) is 14.4. The minimum atomic E-state index is -2.77. The smallest absolute Gasteiger partial charge is 0.259 e. The lowest BCUT2D eigenvalue weighted by molar-refractivity contribution is -0.0102. The van der Waals surface area contributed by atoms with Crippen molar-refractivity contribution in [2.45, 2.75) is 32.1 Å². The fraction of sp³-hybridized carbons (Fsp3) is 0.350. The molecule has 0 radical (unpaired) electrons. The number of alkyl halides is 2. The van der Waals surface area contributed by atoms with Crippen LogP contribution in [0.3, 0.4) is 0 Å². The second kappa shape index (κ2) is 9.01. The molecule has 11 heteroatoms. The number of aromatic nitrogens is 1. The number of amidine groups is 1. The first-order valence-electron chi connectivity index (χ1n) is 9.50. The van der Waals surface area contributed by atoms with E-state index in [-0.39, 0.29) is 53.5 Å². The predicted octanol–water partition coefficient (Wildman–Crippen LogP) is 4.15. The maximum Gasteiger partial charge on any atom is 0.259 e. The summed E-state index contributed by atoms with van der Waals surface area (Å²) in [6.07, 6.45) is -0.333. The monoisotopic (exact) mass is 455 g/mol. The standard InChI is InChI=1S/C20H21ClF3N5O2/c1-11-15(21)10-14(18(26-11)29-7-2-5-20(23,24)6-8-29)19(30)27-12-3-4-16(22)13(9-12)17(25)28-31/h3-4,9-10,31H,2,5-8H2,1H3,(H2,25,28)(H,27,30). The molecule has 1 aliphatic rings. The van der Waals surface area contributed by atoms with Gasteiger partial charge in [-0.3, -0.25) is 4.79 Å². The molecule has 1 aromatic carbocycles. The second-order valence-electron chi connectivity index (χ2n) is 7.26. The van der Waals surface area contributed by atoms with Gasteiger partial charge in [0, 0.05) is 31.6 Å². The number of hydrogen-bond donors (Lipinski definition) is 3. The fourth-order valence-electron chi connectivity index (χ4n) is 3.30. The van der Waals surface area contributed by atoms with Gasteiger partial charge < -0.3 is 21.2 Å². The first-order chi connectivity index (χ1) is 14.6. The van der Waals surface area contributed by atoms with Crippen molar-refractivity contribution in [1.29, 1.82) is 0 Å². The summed E-state index contributed by atoms with van der Waals surface area (Å²) >= 11 is 6.17. The highest BCUT2D eigenvalue weighted by Crippen LogP contribution is 2.32. The largest absolute Gasteiger partial charge is 0.409 e. The van der Waals surface area contributed by atoms with Crippen molar-refractivity contribution in [3.63, 3.8) is 0 Å². The van der Waals surface area contributed by atoms with Crippen LogP contribution in [0.1, 0.15) is 40.9 Å². The van der Waals surface area contributed by atoms with E-state index in [4.69, 9.17) is 22.5 Å². The average Bonchev–Trinajstić information content (AvgIpc) is 2.90. The maximum absolute atomic E-state index is 13.9. The lowest BCUT2D eigenvalue weighted by Gasteiger charge is -2.24. The van der Waals surface area contributed by atoms with Crippen LogP contribution in [0.4, 0.5) is 24.7 Å². The number of benzene rings is 1. The molecule has 31 heavy (non-hydrogen) atoms. The van der Waals surface area contributed by atoms with Gasteiger partial charge in [0.15, 0.2) is 5.84 Å². The van der Waals surface area contributed by atoms with Crippen molar-refractivity contribution >= 4 is 34.8 Å². The molecular formula is C20H21ClF3N5O2. The van der Waals surface area contributed by atoms with Gasteiger partial charge in [0.25, 0.3) is 5.91 Å². The number of pyridine rings is 1. The Morgan fingerprint density at radius 3 is 2.74 bits per heavy atom. The zero-order valence-electron chi connectivity index (χ0n) is 16.6. The molecule has 1 aromatic heterocycles. The topological polar surface area (TPSA) is 104 Å². The Morgan fingerprint density at radius 1 is 1.29 bits per heavy atom. The minimum Gasteiger partial charge on any atom is -0.409 e. The van der Waals surface area contributed by atoms with Crippen molar-refractivity contribution < 1.29 is 23.2 Å². The molecule has 0 saturated carbocycles. The molecule has 166 valence electrons. The first kappa shape index (κ1) is 22.7. The highest BCUT2D eigenvalue weighted by Gasteiger charge is 2.33. The molecule has 0 atom stereocenters. The molecule has 2 heterocycles. The van der Waals surface area contributed by atoms with E-state index in [1.165, 1.54) is 18.2 Å². The molecule has 2 aromatic rings. The van der Waals surface area contributed by atoms with E-state index in [1.54, 1.807) is 11.8 Å². The molecule has 1 aliphatic heterocycles. The number of halogens is 4. The Hall–Kier alpha value is -3.01. The van der Waals surface area contributed by atoms with E-state index in [2.05, 4.69) is 15.5 Å². The molecular weight excluding hydrogens is 435 g/mol. The van der Waals surface area contributed by atoms with Gasteiger partial charge in [0.1, 0.15) is 11.6 Å². The molecule has 3 rings (SSSR count). The van der Waals surface area contributed by atoms with Crippen LogP contribution < -0.4 is 16.0 Å². The van der Waals surface area contributed by atoms with Gasteiger partial charge in [-0.25, -0.2) is 18.2 Å². The number of carbonyl (C=O) groups is 1. The van der Waals surface area contributed by atoms with Gasteiger partial charge in [-0.1, -0.05) is 16.8 Å². The summed E-state index contributed by atoms with van der Waals surface area (Å²) in [4.78, 5) is 19.0. The third kappa shape index (κ3) is 5.19. The summed E-state index contributed by atoms with van der Waals surface area (Å²) in [6.45, 7) is 2.00. The van der Waals surface area contributed by atoms with Crippen molar-refractivity contribution in [3.05, 3.63) is 51.9 Å². The van der Waals surface area contributed by atoms with Gasteiger partial charge in [-0.2, -0.15) is 0 Å². The number of carbonyl (C=O) groups excluding carboxylic acids is 1. The SMILES string of the molecule is Cc1nc(N2CCCC(F)(F)CC2)c(C(=O)Nc2ccc(F)c(C(N)=NO)c2)cc1Cl. The van der Waals surface area contributed by atoms with Gasteiger partial charge in [0.2, 0.25) is 5.92 Å². The predicted molar refractivity (Wildman–Crippen MR) is 112 cm³/mol. The third-order valence-electron chi connectivity index (χ3n) is 5.00. The molecule has 0 spiro atoms. The van der Waals surface area contributed by atoms with E-state index < -0.39 is 23.5 Å². The Labute approximate surface area is 181 Å². The average molecular weight is 456 g/mol. The molecule has 7 nitrogen and oxygen atoms in total. The van der Waals surface area contributed by atoms with Gasteiger partial charge in [0.05, 0.1) is 21.8 Å². The lowest BCUT2D eigenvalue weighted by atomic mass is 10.1. The lowest BCUT2D eigenvalue weighted by Crippen LogP contribution is -2.29. The van der Waals surface area contributed by atoms with Crippen LogP contribution >= 0.6 is 11.6 Å². The fourth-order valence-corrected chi connectivity index (χ4v) is 3.46. The van der Waals surface area contributed by atoms with Crippen LogP contribution in [0.2, 0.25) is 5.02 Å². The zero-order chi connectivity index (χ0) is 22.8. The molecule has 1 fully saturated rings. The summed E-state index contributed by atoms with van der Waals surface area (Å²) in [5.74, 6) is -4.33. The third-order valence-corrected chi connectivity index (χ3v) is 5.38. The number of oxime groups is 1. The number of nitrogens with two attached hydrogens (primary N) is 1. The number of anilines is 2. The Bertz CT molecular complexity index is 1030. The first-order valence-corrected chi connectivity index (χ1v) is 9.88. The number of rotatable bonds is 4. The quantitative estimate of drug-likeness (QED) is 0.278. The highest BCUT2D eigenvalue weighted by atomic mass is 35.5. The van der Waals surface area contributed by atoms with Crippen LogP contribution in [0.5, 0.6) is 0 Å². The summed E-state index contributed by atoms with van der Waals surface area (Å²) < 4.78 is 41.5. The maximum atomic E-state index is 13.9. The number of hydrogen-bond acceptors (Lipinski definition) is 5. The van der Waals surface area contributed by atoms with Crippen LogP contribution in [-0.4, -0.2) is 40.9 Å². The molecule has 0 bridgehead atoms. The van der Waals surface area contributed by atoms with E-state index in [9.17, 15) is 18.0 Å². The van der Waals surface area contributed by atoms with Gasteiger partial charge in [-0.05, 0) is 37.6 Å². The Morgan fingerprint density at radius 2 is 2.03 bits per heavy atom. The molecule has 4 N–H and O–H groups in total. The molecule has 0 unspecified atom stereocenters. The van der Waals surface area contributed by atoms with Crippen molar-refractivity contribution in [3.8, 4) is 0 Å². The van der Waals surface area contributed by atoms with Gasteiger partial charge >= 0.3 is 0 Å². The van der Waals surface area contributed by atoms with Crippen molar-refractivity contribution in [1.82, 2.24) is 4.98 Å². The molecule has 1 saturated heterocycles. The van der Waals surface area contributed by atoms with E-state index in [0.717, 1.165) is 6.07 Å². The number of aryl methyl sites for hydroxylation is 1. The van der Waals surface area contributed by atoms with Gasteiger partial charge in [-0.15, -0.1) is 0 Å². The van der Waals surface area contributed by atoms with Crippen molar-refractivity contribution in [2.24, 2.45) is 10.9 Å². The molecule has 0 aliphatic carbocycles. The summed E-state index contributed by atoms with van der Waals surface area (Å²) in [6, 6.07) is 4.99. The van der Waals surface area contributed by atoms with Crippen molar-refractivity contribution in [2.75, 3.05) is 23.3 Å². The summed E-state index contributed by atoms with van der Waals surface area (Å²) in [7, 11) is 0. The van der Waals surface area contributed by atoms with Crippen LogP contribution in [0.15, 0.2) is 29.4 Å². The van der Waals surface area contributed by atoms with E-state index >= 15 is 0 Å². The Balaban J connectivity index is 1.93. The van der Waals surface area contributed by atoms with Crippen LogP contribution in [-0.2, 0) is 0 Å². The number of nitrogens with zero attached hydrogens (tertiary/aromatic N) is 3. The molecule has 1 amide bonds. The van der Waals surface area contributed by atoms with Crippen LogP contribution in [0.25, 0.3) is 0 Å². The highest BCUT2D eigenvalue weighted by molar-refractivity contribution is 6.31. The normalized spacial score (nSPS) is 16.7. The van der Waals surface area contributed by atoms with E-state index in [0.29, 0.717) is 12.2 Å². The zero-order valence-corrected chi connectivity index (χ0v) is 17.4. The minimum absolute atomic E-state index is 0.0333. The van der Waals surface area contributed by atoms with Crippen LogP contribution in [0, 0.1) is 12.7 Å². The summed E-state index contributed by atoms with van der Waals surface area (Å²) in [5.41, 5.74) is 5.98. The number of amides is 1. The Kier molecular flexibility index (Phi) is 6.59. The second-order valence-corrected chi connectivity index (χ2v) is 7.66.